The van der Waals surface area contributed by atoms with Gasteiger partial charge < -0.3 is 26.6 Å². The number of carbonyl (C=O) groups excluding carboxylic acids is 1. The summed E-state index contributed by atoms with van der Waals surface area (Å²) in [5.41, 5.74) is 9.03. The number of phenolic OH excluding ortho intramolecular Hbond substituents is 1. The molecule has 0 aliphatic carbocycles. The number of nitrogens with one attached hydrogen (secondary N) is 2. The minimum atomic E-state index is -0.682. The van der Waals surface area contributed by atoms with Gasteiger partial charge in [-0.15, -0.1) is 0 Å². The Kier molecular flexibility index (Phi) is 7.23. The summed E-state index contributed by atoms with van der Waals surface area (Å²) < 4.78 is 0. The van der Waals surface area contributed by atoms with Crippen LogP contribution in [0.4, 0.5) is 11.5 Å². The number of carbonyl (C=O) groups is 1. The summed E-state index contributed by atoms with van der Waals surface area (Å²) >= 11 is 0. The van der Waals surface area contributed by atoms with Crippen LogP contribution in [0.1, 0.15) is 40.1 Å². The third kappa shape index (κ3) is 6.04. The smallest absolute Gasteiger partial charge is 0.255 e. The van der Waals surface area contributed by atoms with Crippen molar-refractivity contribution >= 4 is 17.4 Å². The average molecular weight is 421 g/mol. The normalized spacial score (nSPS) is 12.9. The van der Waals surface area contributed by atoms with Gasteiger partial charge in [0.1, 0.15) is 11.6 Å². The van der Waals surface area contributed by atoms with E-state index in [0.29, 0.717) is 41.2 Å². The molecule has 1 amide bonds. The molecule has 162 valence electrons. The maximum absolute atomic E-state index is 12.7. The molecule has 0 aliphatic rings. The lowest BCUT2D eigenvalue weighted by Gasteiger charge is -2.18. The highest BCUT2D eigenvalue weighted by atomic mass is 16.3. The molecule has 0 unspecified atom stereocenters. The van der Waals surface area contributed by atoms with Crippen LogP contribution in [0.5, 0.6) is 5.75 Å². The highest BCUT2D eigenvalue weighted by Gasteiger charge is 2.13. The number of phenols is 1. The van der Waals surface area contributed by atoms with Crippen molar-refractivity contribution in [2.45, 2.75) is 32.4 Å². The number of pyridine rings is 1. The van der Waals surface area contributed by atoms with E-state index >= 15 is 0 Å². The van der Waals surface area contributed by atoms with E-state index < -0.39 is 6.10 Å². The number of nitrogens with zero attached hydrogens (tertiary/aromatic N) is 1. The molecule has 2 atom stereocenters. The summed E-state index contributed by atoms with van der Waals surface area (Å²) in [5, 5.41) is 26.3. The lowest BCUT2D eigenvalue weighted by Crippen LogP contribution is -2.32. The number of aromatic hydroxyl groups is 1. The monoisotopic (exact) mass is 420 g/mol. The maximum Gasteiger partial charge on any atom is 0.255 e. The molecule has 0 saturated heterocycles. The molecule has 0 spiro atoms. The van der Waals surface area contributed by atoms with Crippen molar-refractivity contribution in [3.05, 3.63) is 83.0 Å². The Morgan fingerprint density at radius 2 is 1.94 bits per heavy atom. The first kappa shape index (κ1) is 22.3. The van der Waals surface area contributed by atoms with Gasteiger partial charge in [0.05, 0.1) is 6.10 Å². The van der Waals surface area contributed by atoms with Crippen LogP contribution in [-0.4, -0.2) is 33.7 Å². The highest BCUT2D eigenvalue weighted by molar-refractivity contribution is 6.04. The van der Waals surface area contributed by atoms with Gasteiger partial charge in [0.2, 0.25) is 0 Å². The van der Waals surface area contributed by atoms with Gasteiger partial charge in [-0.2, -0.15) is 0 Å². The van der Waals surface area contributed by atoms with Gasteiger partial charge in [-0.25, -0.2) is 4.98 Å². The lowest BCUT2D eigenvalue weighted by molar-refractivity contribution is 0.102. The molecular weight excluding hydrogens is 392 g/mol. The molecule has 7 nitrogen and oxygen atoms in total. The number of aromatic nitrogens is 1. The number of nitrogen functional groups attached to an aromatic ring is 1. The van der Waals surface area contributed by atoms with Crippen LogP contribution in [0.15, 0.2) is 60.8 Å². The molecular formula is C24H28N4O3. The summed E-state index contributed by atoms with van der Waals surface area (Å²) in [6.45, 7) is 4.16. The molecule has 1 aromatic heterocycles. The van der Waals surface area contributed by atoms with Crippen molar-refractivity contribution in [2.24, 2.45) is 0 Å². The zero-order valence-electron chi connectivity index (χ0n) is 17.7. The molecule has 0 bridgehead atoms. The van der Waals surface area contributed by atoms with Crippen LogP contribution in [0.2, 0.25) is 0 Å². The van der Waals surface area contributed by atoms with E-state index in [2.05, 4.69) is 15.6 Å². The van der Waals surface area contributed by atoms with Gasteiger partial charge in [0, 0.05) is 41.2 Å². The molecule has 3 aromatic rings. The Labute approximate surface area is 182 Å². The van der Waals surface area contributed by atoms with E-state index in [1.807, 2.05) is 25.1 Å². The van der Waals surface area contributed by atoms with Crippen LogP contribution in [0.25, 0.3) is 0 Å². The predicted octanol–water partition coefficient (Wildman–Crippen LogP) is 3.18. The first-order valence-corrected chi connectivity index (χ1v) is 10.1. The van der Waals surface area contributed by atoms with Crippen molar-refractivity contribution in [2.75, 3.05) is 17.6 Å². The highest BCUT2D eigenvalue weighted by Crippen LogP contribution is 2.24. The molecule has 0 fully saturated rings. The van der Waals surface area contributed by atoms with E-state index in [1.165, 1.54) is 0 Å². The van der Waals surface area contributed by atoms with Crippen LogP contribution < -0.4 is 16.4 Å². The summed E-state index contributed by atoms with van der Waals surface area (Å²) in [6.07, 6.45) is 1.58. The van der Waals surface area contributed by atoms with Crippen LogP contribution >= 0.6 is 0 Å². The van der Waals surface area contributed by atoms with Crippen LogP contribution in [0.3, 0.4) is 0 Å². The molecule has 1 heterocycles. The molecule has 7 heteroatoms. The van der Waals surface area contributed by atoms with Gasteiger partial charge >= 0.3 is 0 Å². The number of hydrogen-bond donors (Lipinski definition) is 5. The molecule has 0 radical (unpaired) electrons. The summed E-state index contributed by atoms with van der Waals surface area (Å²) in [5.74, 6) is 0.325. The van der Waals surface area contributed by atoms with Crippen molar-refractivity contribution in [3.8, 4) is 5.75 Å². The van der Waals surface area contributed by atoms with Crippen molar-refractivity contribution in [1.82, 2.24) is 10.3 Å². The third-order valence-electron chi connectivity index (χ3n) is 5.14. The van der Waals surface area contributed by atoms with E-state index in [4.69, 9.17) is 5.73 Å². The second-order valence-corrected chi connectivity index (χ2v) is 7.65. The molecule has 31 heavy (non-hydrogen) atoms. The Hall–Kier alpha value is -3.42. The molecule has 0 aliphatic heterocycles. The van der Waals surface area contributed by atoms with Crippen LogP contribution in [0, 0.1) is 6.92 Å². The predicted molar refractivity (Wildman–Crippen MR) is 122 cm³/mol. The van der Waals surface area contributed by atoms with E-state index in [9.17, 15) is 15.0 Å². The number of nitrogens with two attached hydrogens (primary N) is 1. The number of amides is 1. The summed E-state index contributed by atoms with van der Waals surface area (Å²) in [6, 6.07) is 16.0. The fraction of sp³-hybridized carbons (Fsp3) is 0.250. The maximum atomic E-state index is 12.7. The first-order valence-electron chi connectivity index (χ1n) is 10.1. The molecule has 6 N–H and O–H groups in total. The molecule has 2 aromatic carbocycles. The van der Waals surface area contributed by atoms with Gasteiger partial charge in [-0.3, -0.25) is 4.79 Å². The quantitative estimate of drug-likeness (QED) is 0.382. The largest absolute Gasteiger partial charge is 0.508 e. The lowest BCUT2D eigenvalue weighted by atomic mass is 10.0. The van der Waals surface area contributed by atoms with Gasteiger partial charge in [-0.1, -0.05) is 24.3 Å². The van der Waals surface area contributed by atoms with Crippen LogP contribution in [-0.2, 0) is 6.42 Å². The fourth-order valence-corrected chi connectivity index (χ4v) is 3.26. The standard InChI is InChI=1S/C24H28N4O3/c1-15(26-14-22(30)19-9-10-23(25)27-13-19)11-17-5-3-6-18(12-17)24(31)28-20-7-4-8-21(29)16(20)2/h3-10,12-13,15,22,26,29-30H,11,14H2,1-2H3,(H2,25,27)(H,28,31)/t15-,22-/m1/s1. The minimum Gasteiger partial charge on any atom is -0.508 e. The van der Waals surface area contributed by atoms with E-state index in [-0.39, 0.29) is 17.7 Å². The Bertz CT molecular complexity index is 1040. The summed E-state index contributed by atoms with van der Waals surface area (Å²) in [4.78, 5) is 16.7. The molecule has 0 saturated carbocycles. The Balaban J connectivity index is 1.57. The van der Waals surface area contributed by atoms with Gasteiger partial charge in [0.15, 0.2) is 0 Å². The Morgan fingerprint density at radius 1 is 1.16 bits per heavy atom. The number of benzene rings is 2. The number of hydrogen-bond acceptors (Lipinski definition) is 6. The Morgan fingerprint density at radius 3 is 2.68 bits per heavy atom. The van der Waals surface area contributed by atoms with Gasteiger partial charge in [-0.05, 0) is 56.2 Å². The van der Waals surface area contributed by atoms with Crippen molar-refractivity contribution in [1.29, 1.82) is 0 Å². The average Bonchev–Trinajstić information content (AvgIpc) is 2.76. The SMILES string of the molecule is Cc1c(O)cccc1NC(=O)c1cccc(C[C@@H](C)NC[C@@H](O)c2ccc(N)nc2)c1. The minimum absolute atomic E-state index is 0.0861. The van der Waals surface area contributed by atoms with Crippen molar-refractivity contribution in [3.63, 3.8) is 0 Å². The number of rotatable bonds is 8. The second-order valence-electron chi connectivity index (χ2n) is 7.65. The number of anilines is 2. The zero-order valence-corrected chi connectivity index (χ0v) is 17.7. The summed E-state index contributed by atoms with van der Waals surface area (Å²) in [7, 11) is 0. The van der Waals surface area contributed by atoms with E-state index in [0.717, 1.165) is 5.56 Å². The second kappa shape index (κ2) is 10.1. The fourth-order valence-electron chi connectivity index (χ4n) is 3.26. The topological polar surface area (TPSA) is 120 Å². The zero-order chi connectivity index (χ0) is 22.4. The molecule has 3 rings (SSSR count). The van der Waals surface area contributed by atoms with Crippen molar-refractivity contribution < 1.29 is 15.0 Å². The van der Waals surface area contributed by atoms with E-state index in [1.54, 1.807) is 49.5 Å². The van der Waals surface area contributed by atoms with Gasteiger partial charge in [0.25, 0.3) is 5.91 Å². The first-order chi connectivity index (χ1) is 14.8. The third-order valence-corrected chi connectivity index (χ3v) is 5.14. The number of aliphatic hydroxyl groups excluding tert-OH is 1. The number of aliphatic hydroxyl groups is 1.